The smallest absolute Gasteiger partial charge is 0.407 e. The molecule has 3 rings (SSSR count). The largest absolute Gasteiger partial charge is 0.481 e. The summed E-state index contributed by atoms with van der Waals surface area (Å²) < 4.78 is 5.44. The molecule has 7 heteroatoms. The number of hydrogen-bond donors (Lipinski definition) is 3. The van der Waals surface area contributed by atoms with Crippen LogP contribution in [0.25, 0.3) is 11.1 Å². The van der Waals surface area contributed by atoms with E-state index in [-0.39, 0.29) is 25.0 Å². The second-order valence-electron chi connectivity index (χ2n) is 8.13. The highest BCUT2D eigenvalue weighted by atomic mass is 16.5. The summed E-state index contributed by atoms with van der Waals surface area (Å²) in [5.41, 5.74) is 4.49. The van der Waals surface area contributed by atoms with Crippen LogP contribution in [0, 0.1) is 11.8 Å². The summed E-state index contributed by atoms with van der Waals surface area (Å²) in [6.45, 7) is 5.25. The van der Waals surface area contributed by atoms with Crippen molar-refractivity contribution in [2.24, 2.45) is 11.8 Å². The minimum absolute atomic E-state index is 0.00252. The van der Waals surface area contributed by atoms with Crippen molar-refractivity contribution in [3.8, 4) is 11.1 Å². The molecule has 7 nitrogen and oxygen atoms in total. The third kappa shape index (κ3) is 5.05. The standard InChI is InChI=1S/C24H28N2O5/c1-14(2)20(23(28)29)12-25-22(27)15(3)26-24(30)31-13-21-18-10-6-4-8-16(18)17-9-5-7-11-19(17)21/h4-11,14-15,20-21H,12-13H2,1-3H3,(H,25,27)(H,26,30)(H,28,29)/t15-,20?/m0/s1. The van der Waals surface area contributed by atoms with Crippen LogP contribution in [-0.2, 0) is 14.3 Å². The molecule has 2 aromatic carbocycles. The molecule has 2 amide bonds. The fraction of sp³-hybridized carbons (Fsp3) is 0.375. The van der Waals surface area contributed by atoms with Crippen LogP contribution < -0.4 is 10.6 Å². The lowest BCUT2D eigenvalue weighted by Crippen LogP contribution is -2.47. The molecule has 0 radical (unpaired) electrons. The maximum Gasteiger partial charge on any atom is 0.407 e. The van der Waals surface area contributed by atoms with Gasteiger partial charge in [-0.1, -0.05) is 62.4 Å². The Bertz CT molecular complexity index is 926. The lowest BCUT2D eigenvalue weighted by atomic mass is 9.96. The van der Waals surface area contributed by atoms with Crippen LogP contribution >= 0.6 is 0 Å². The normalized spacial score (nSPS) is 14.3. The number of rotatable bonds is 8. The van der Waals surface area contributed by atoms with Crippen LogP contribution in [0.3, 0.4) is 0 Å². The Labute approximate surface area is 181 Å². The second-order valence-corrected chi connectivity index (χ2v) is 8.13. The Hall–Kier alpha value is -3.35. The number of benzene rings is 2. The first-order valence-corrected chi connectivity index (χ1v) is 10.4. The first-order chi connectivity index (χ1) is 14.8. The summed E-state index contributed by atoms with van der Waals surface area (Å²) in [6, 6.07) is 15.2. The van der Waals surface area contributed by atoms with Gasteiger partial charge in [-0.2, -0.15) is 0 Å². The predicted molar refractivity (Wildman–Crippen MR) is 117 cm³/mol. The highest BCUT2D eigenvalue weighted by Gasteiger charge is 2.29. The summed E-state index contributed by atoms with van der Waals surface area (Å²) >= 11 is 0. The van der Waals surface area contributed by atoms with Gasteiger partial charge < -0.3 is 20.5 Å². The number of nitrogens with one attached hydrogen (secondary N) is 2. The summed E-state index contributed by atoms with van der Waals surface area (Å²) in [5.74, 6) is -2.30. The number of carboxylic acids is 1. The van der Waals surface area contributed by atoms with Crippen molar-refractivity contribution in [1.29, 1.82) is 0 Å². The van der Waals surface area contributed by atoms with Crippen molar-refractivity contribution in [3.05, 3.63) is 59.7 Å². The van der Waals surface area contributed by atoms with Crippen molar-refractivity contribution >= 4 is 18.0 Å². The van der Waals surface area contributed by atoms with Crippen molar-refractivity contribution in [3.63, 3.8) is 0 Å². The van der Waals surface area contributed by atoms with Gasteiger partial charge in [-0.15, -0.1) is 0 Å². The molecular weight excluding hydrogens is 396 g/mol. The third-order valence-corrected chi connectivity index (χ3v) is 5.69. The summed E-state index contributed by atoms with van der Waals surface area (Å²) in [7, 11) is 0. The van der Waals surface area contributed by atoms with Crippen molar-refractivity contribution in [1.82, 2.24) is 10.6 Å². The number of hydrogen-bond acceptors (Lipinski definition) is 4. The average Bonchev–Trinajstić information content (AvgIpc) is 3.05. The van der Waals surface area contributed by atoms with E-state index in [0.29, 0.717) is 0 Å². The molecule has 1 unspecified atom stereocenters. The maximum atomic E-state index is 12.3. The van der Waals surface area contributed by atoms with E-state index in [9.17, 15) is 19.5 Å². The van der Waals surface area contributed by atoms with Crippen molar-refractivity contribution in [2.75, 3.05) is 13.2 Å². The van der Waals surface area contributed by atoms with E-state index in [0.717, 1.165) is 22.3 Å². The number of alkyl carbamates (subject to hydrolysis) is 1. The molecule has 0 bridgehead atoms. The molecule has 0 heterocycles. The van der Waals surface area contributed by atoms with E-state index in [1.807, 2.05) is 36.4 Å². The molecule has 1 aliphatic rings. The van der Waals surface area contributed by atoms with Gasteiger partial charge in [0.25, 0.3) is 0 Å². The number of carboxylic acid groups (broad SMARTS) is 1. The zero-order valence-corrected chi connectivity index (χ0v) is 17.9. The molecule has 2 aromatic rings. The highest BCUT2D eigenvalue weighted by Crippen LogP contribution is 2.44. The van der Waals surface area contributed by atoms with Crippen LogP contribution in [0.5, 0.6) is 0 Å². The number of aliphatic carboxylic acids is 1. The Morgan fingerprint density at radius 1 is 0.968 bits per heavy atom. The van der Waals surface area contributed by atoms with E-state index >= 15 is 0 Å². The lowest BCUT2D eigenvalue weighted by molar-refractivity contribution is -0.143. The van der Waals surface area contributed by atoms with Gasteiger partial charge in [0, 0.05) is 12.5 Å². The zero-order chi connectivity index (χ0) is 22.5. The van der Waals surface area contributed by atoms with Crippen LogP contribution in [0.2, 0.25) is 0 Å². The van der Waals surface area contributed by atoms with Gasteiger partial charge in [0.15, 0.2) is 0 Å². The highest BCUT2D eigenvalue weighted by molar-refractivity contribution is 5.85. The minimum Gasteiger partial charge on any atom is -0.481 e. The van der Waals surface area contributed by atoms with Gasteiger partial charge in [0.1, 0.15) is 12.6 Å². The molecule has 1 aliphatic carbocycles. The Morgan fingerprint density at radius 2 is 1.52 bits per heavy atom. The number of fused-ring (bicyclic) bond motifs is 3. The van der Waals surface area contributed by atoms with Crippen molar-refractivity contribution in [2.45, 2.75) is 32.7 Å². The maximum absolute atomic E-state index is 12.3. The van der Waals surface area contributed by atoms with E-state index in [1.165, 1.54) is 6.92 Å². The van der Waals surface area contributed by atoms with E-state index < -0.39 is 29.9 Å². The number of ether oxygens (including phenoxy) is 1. The van der Waals surface area contributed by atoms with Crippen LogP contribution in [0.4, 0.5) is 4.79 Å². The number of carbonyl (C=O) groups excluding carboxylic acids is 2. The summed E-state index contributed by atoms with van der Waals surface area (Å²) in [4.78, 5) is 35.8. The molecule has 0 aliphatic heterocycles. The lowest BCUT2D eigenvalue weighted by Gasteiger charge is -2.20. The van der Waals surface area contributed by atoms with Gasteiger partial charge in [-0.25, -0.2) is 4.79 Å². The topological polar surface area (TPSA) is 105 Å². The molecule has 0 fully saturated rings. The Morgan fingerprint density at radius 3 is 2.03 bits per heavy atom. The zero-order valence-electron chi connectivity index (χ0n) is 17.9. The first kappa shape index (κ1) is 22.3. The molecule has 2 atom stereocenters. The number of amides is 2. The molecule has 3 N–H and O–H groups in total. The fourth-order valence-electron chi connectivity index (χ4n) is 3.85. The SMILES string of the molecule is CC(C)C(CNC(=O)[C@H](C)NC(=O)OCC1c2ccccc2-c2ccccc21)C(=O)O. The summed E-state index contributed by atoms with van der Waals surface area (Å²) in [6.07, 6.45) is -0.692. The van der Waals surface area contributed by atoms with Crippen molar-refractivity contribution < 1.29 is 24.2 Å². The molecular formula is C24H28N2O5. The van der Waals surface area contributed by atoms with Gasteiger partial charge in [0.05, 0.1) is 5.92 Å². The van der Waals surface area contributed by atoms with E-state index in [1.54, 1.807) is 13.8 Å². The Kier molecular flexibility index (Phi) is 6.95. The van der Waals surface area contributed by atoms with E-state index in [2.05, 4.69) is 22.8 Å². The quantitative estimate of drug-likeness (QED) is 0.603. The predicted octanol–water partition coefficient (Wildman–Crippen LogP) is 3.39. The molecule has 0 aromatic heterocycles. The first-order valence-electron chi connectivity index (χ1n) is 10.4. The molecule has 0 saturated heterocycles. The average molecular weight is 424 g/mol. The minimum atomic E-state index is -0.965. The second kappa shape index (κ2) is 9.64. The third-order valence-electron chi connectivity index (χ3n) is 5.69. The van der Waals surface area contributed by atoms with Crippen LogP contribution in [0.15, 0.2) is 48.5 Å². The molecule has 0 spiro atoms. The molecule has 164 valence electrons. The summed E-state index contributed by atoms with van der Waals surface area (Å²) in [5, 5.41) is 14.3. The monoisotopic (exact) mass is 424 g/mol. The molecule has 31 heavy (non-hydrogen) atoms. The van der Waals surface area contributed by atoms with Gasteiger partial charge >= 0.3 is 12.1 Å². The van der Waals surface area contributed by atoms with Gasteiger partial charge in [-0.3, -0.25) is 9.59 Å². The Balaban J connectivity index is 1.54. The number of carbonyl (C=O) groups is 3. The van der Waals surface area contributed by atoms with Gasteiger partial charge in [-0.05, 0) is 35.1 Å². The van der Waals surface area contributed by atoms with Crippen LogP contribution in [0.1, 0.15) is 37.8 Å². The molecule has 0 saturated carbocycles. The fourth-order valence-corrected chi connectivity index (χ4v) is 3.85. The van der Waals surface area contributed by atoms with E-state index in [4.69, 9.17) is 4.74 Å². The van der Waals surface area contributed by atoms with Crippen LogP contribution in [-0.4, -0.2) is 42.3 Å². The van der Waals surface area contributed by atoms with Gasteiger partial charge in [0.2, 0.25) is 5.91 Å².